The van der Waals surface area contributed by atoms with Crippen LogP contribution in [0.15, 0.2) is 50.0 Å². The Morgan fingerprint density at radius 2 is 1.76 bits per heavy atom. The third-order valence-electron chi connectivity index (χ3n) is 2.48. The van der Waals surface area contributed by atoms with Crippen molar-refractivity contribution in [3.63, 3.8) is 0 Å². The second-order valence-electron chi connectivity index (χ2n) is 4.02. The smallest absolute Gasteiger partial charge is 0.224 e. The first-order chi connectivity index (χ1) is 9.70. The van der Waals surface area contributed by atoms with Gasteiger partial charge in [-0.05, 0) is 40.2 Å². The lowest BCUT2D eigenvalue weighted by Crippen LogP contribution is -2.23. The SMILES string of the molecule is NS(=O)(=O)c1ccc(CNS(=O)(=O)c2ccccc2Br)s1. The number of nitrogens with one attached hydrogen (secondary N) is 1. The van der Waals surface area contributed by atoms with Gasteiger partial charge >= 0.3 is 0 Å². The predicted octanol–water partition coefficient (Wildman–Crippen LogP) is 1.64. The third kappa shape index (κ3) is 4.11. The molecule has 114 valence electrons. The van der Waals surface area contributed by atoms with Crippen LogP contribution in [-0.4, -0.2) is 16.8 Å². The number of rotatable bonds is 5. The normalized spacial score (nSPS) is 12.5. The molecule has 0 spiro atoms. The highest BCUT2D eigenvalue weighted by Gasteiger charge is 2.18. The molecule has 0 radical (unpaired) electrons. The number of primary sulfonamides is 1. The first kappa shape index (κ1) is 16.6. The summed E-state index contributed by atoms with van der Waals surface area (Å²) in [6, 6.07) is 9.29. The summed E-state index contributed by atoms with van der Waals surface area (Å²) in [7, 11) is -7.45. The van der Waals surface area contributed by atoms with Gasteiger partial charge in [0.2, 0.25) is 20.0 Å². The first-order valence-electron chi connectivity index (χ1n) is 5.56. The lowest BCUT2D eigenvalue weighted by molar-refractivity contribution is 0.581. The van der Waals surface area contributed by atoms with Crippen LogP contribution in [0.2, 0.25) is 0 Å². The van der Waals surface area contributed by atoms with E-state index in [2.05, 4.69) is 20.7 Å². The summed E-state index contributed by atoms with van der Waals surface area (Å²) in [4.78, 5) is 0.669. The van der Waals surface area contributed by atoms with E-state index in [0.717, 1.165) is 11.3 Å². The van der Waals surface area contributed by atoms with Crippen molar-refractivity contribution in [2.75, 3.05) is 0 Å². The first-order valence-corrected chi connectivity index (χ1v) is 10.2. The Labute approximate surface area is 135 Å². The zero-order chi connectivity index (χ0) is 15.7. The Bertz CT molecular complexity index is 859. The zero-order valence-electron chi connectivity index (χ0n) is 10.5. The van der Waals surface area contributed by atoms with Gasteiger partial charge in [-0.15, -0.1) is 11.3 Å². The molecule has 0 atom stereocenters. The van der Waals surface area contributed by atoms with Crippen LogP contribution in [0.25, 0.3) is 0 Å². The van der Waals surface area contributed by atoms with Crippen molar-refractivity contribution in [3.05, 3.63) is 45.7 Å². The predicted molar refractivity (Wildman–Crippen MR) is 83.9 cm³/mol. The molecule has 0 saturated carbocycles. The molecule has 0 aliphatic heterocycles. The topological polar surface area (TPSA) is 106 Å². The quantitative estimate of drug-likeness (QED) is 0.780. The van der Waals surface area contributed by atoms with Gasteiger partial charge in [0.05, 0.1) is 4.90 Å². The van der Waals surface area contributed by atoms with E-state index in [-0.39, 0.29) is 15.6 Å². The Kier molecular flexibility index (Phi) is 4.85. The van der Waals surface area contributed by atoms with Gasteiger partial charge in [-0.3, -0.25) is 0 Å². The molecule has 0 aliphatic carbocycles. The van der Waals surface area contributed by atoms with E-state index < -0.39 is 20.0 Å². The molecule has 10 heteroatoms. The van der Waals surface area contributed by atoms with Crippen molar-refractivity contribution < 1.29 is 16.8 Å². The minimum Gasteiger partial charge on any atom is -0.224 e. The fourth-order valence-corrected chi connectivity index (χ4v) is 5.33. The molecule has 0 bridgehead atoms. The summed E-state index contributed by atoms with van der Waals surface area (Å²) in [6.45, 7) is -0.0101. The standard InChI is InChI=1S/C11H11BrN2O4S3/c12-9-3-1-2-4-10(9)21(17,18)14-7-8-5-6-11(19-8)20(13,15)16/h1-6,14H,7H2,(H2,13,15,16). The fourth-order valence-electron chi connectivity index (χ4n) is 1.51. The van der Waals surface area contributed by atoms with Crippen molar-refractivity contribution in [3.8, 4) is 0 Å². The summed E-state index contributed by atoms with van der Waals surface area (Å²) in [5, 5.41) is 5.00. The minimum absolute atomic E-state index is 0.00223. The largest absolute Gasteiger partial charge is 0.247 e. The van der Waals surface area contributed by atoms with Gasteiger partial charge in [0, 0.05) is 15.9 Å². The molecule has 0 unspecified atom stereocenters. The number of nitrogens with two attached hydrogens (primary N) is 1. The lowest BCUT2D eigenvalue weighted by atomic mass is 10.4. The Morgan fingerprint density at radius 1 is 1.10 bits per heavy atom. The Morgan fingerprint density at radius 3 is 2.33 bits per heavy atom. The second-order valence-corrected chi connectivity index (χ2v) is 9.57. The maximum Gasteiger partial charge on any atom is 0.247 e. The van der Waals surface area contributed by atoms with Crippen molar-refractivity contribution >= 4 is 47.3 Å². The van der Waals surface area contributed by atoms with Crippen molar-refractivity contribution in [1.82, 2.24) is 4.72 Å². The van der Waals surface area contributed by atoms with Crippen LogP contribution in [0, 0.1) is 0 Å². The molecule has 2 rings (SSSR count). The van der Waals surface area contributed by atoms with Crippen LogP contribution < -0.4 is 9.86 Å². The number of halogens is 1. The van der Waals surface area contributed by atoms with Gasteiger partial charge in [0.15, 0.2) is 0 Å². The Balaban J connectivity index is 2.16. The number of hydrogen-bond acceptors (Lipinski definition) is 5. The maximum absolute atomic E-state index is 12.2. The summed E-state index contributed by atoms with van der Waals surface area (Å²) in [5.74, 6) is 0. The van der Waals surface area contributed by atoms with Crippen molar-refractivity contribution in [2.45, 2.75) is 15.6 Å². The summed E-state index contributed by atoms with van der Waals surface area (Å²) in [6.07, 6.45) is 0. The van der Waals surface area contributed by atoms with E-state index in [1.165, 1.54) is 18.2 Å². The van der Waals surface area contributed by atoms with Crippen LogP contribution in [0.5, 0.6) is 0 Å². The molecular formula is C11H11BrN2O4S3. The van der Waals surface area contributed by atoms with E-state index in [9.17, 15) is 16.8 Å². The van der Waals surface area contributed by atoms with Crippen LogP contribution in [-0.2, 0) is 26.6 Å². The van der Waals surface area contributed by atoms with Gasteiger partial charge in [-0.1, -0.05) is 12.1 Å². The van der Waals surface area contributed by atoms with E-state index >= 15 is 0 Å². The summed E-state index contributed by atoms with van der Waals surface area (Å²) >= 11 is 4.10. The van der Waals surface area contributed by atoms with Crippen LogP contribution in [0.4, 0.5) is 0 Å². The van der Waals surface area contributed by atoms with Crippen molar-refractivity contribution in [1.29, 1.82) is 0 Å². The molecule has 1 aromatic carbocycles. The van der Waals surface area contributed by atoms with E-state index in [1.54, 1.807) is 18.2 Å². The van der Waals surface area contributed by atoms with E-state index in [0.29, 0.717) is 9.35 Å². The molecule has 1 heterocycles. The Hall–Kier alpha value is -0.780. The van der Waals surface area contributed by atoms with Crippen LogP contribution in [0.3, 0.4) is 0 Å². The monoisotopic (exact) mass is 410 g/mol. The maximum atomic E-state index is 12.2. The van der Waals surface area contributed by atoms with Gasteiger partial charge in [0.25, 0.3) is 0 Å². The number of benzene rings is 1. The van der Waals surface area contributed by atoms with E-state index in [4.69, 9.17) is 5.14 Å². The van der Waals surface area contributed by atoms with Crippen LogP contribution in [0.1, 0.15) is 4.88 Å². The molecule has 2 aromatic rings. The molecule has 21 heavy (non-hydrogen) atoms. The highest BCUT2D eigenvalue weighted by Crippen LogP contribution is 2.23. The van der Waals surface area contributed by atoms with Crippen molar-refractivity contribution in [2.24, 2.45) is 5.14 Å². The highest BCUT2D eigenvalue weighted by atomic mass is 79.9. The highest BCUT2D eigenvalue weighted by molar-refractivity contribution is 9.10. The summed E-state index contributed by atoms with van der Waals surface area (Å²) < 4.78 is 49.5. The average Bonchev–Trinajstić information content (AvgIpc) is 2.85. The lowest BCUT2D eigenvalue weighted by Gasteiger charge is -2.07. The third-order valence-corrected chi connectivity index (χ3v) is 7.42. The van der Waals surface area contributed by atoms with Crippen LogP contribution >= 0.6 is 27.3 Å². The second kappa shape index (κ2) is 6.15. The molecule has 0 aliphatic rings. The molecule has 0 fully saturated rings. The number of sulfonamides is 2. The van der Waals surface area contributed by atoms with E-state index in [1.807, 2.05) is 0 Å². The summed E-state index contributed by atoms with van der Waals surface area (Å²) in [5.41, 5.74) is 0. The zero-order valence-corrected chi connectivity index (χ0v) is 14.5. The molecule has 6 nitrogen and oxygen atoms in total. The molecule has 3 N–H and O–H groups in total. The van der Waals surface area contributed by atoms with Gasteiger partial charge < -0.3 is 0 Å². The fraction of sp³-hybridized carbons (Fsp3) is 0.0909. The minimum atomic E-state index is -3.76. The number of thiophene rings is 1. The molecule has 1 aromatic heterocycles. The molecule has 0 saturated heterocycles. The van der Waals surface area contributed by atoms with Gasteiger partial charge in [0.1, 0.15) is 4.21 Å². The molecular weight excluding hydrogens is 400 g/mol. The van der Waals surface area contributed by atoms with Gasteiger partial charge in [-0.2, -0.15) is 0 Å². The molecule has 0 amide bonds. The average molecular weight is 411 g/mol. The van der Waals surface area contributed by atoms with Gasteiger partial charge in [-0.25, -0.2) is 26.7 Å². The number of hydrogen-bond donors (Lipinski definition) is 2.